The summed E-state index contributed by atoms with van der Waals surface area (Å²) in [6.45, 7) is 5.58. The summed E-state index contributed by atoms with van der Waals surface area (Å²) in [6, 6.07) is 11.7. The molecule has 1 aliphatic heterocycles. The number of ether oxygens (including phenoxy) is 3. The van der Waals surface area contributed by atoms with Gasteiger partial charge in [-0.15, -0.1) is 0 Å². The first kappa shape index (κ1) is 25.2. The molecule has 1 saturated heterocycles. The lowest BCUT2D eigenvalue weighted by molar-refractivity contribution is 0.0725. The first-order chi connectivity index (χ1) is 16.0. The van der Waals surface area contributed by atoms with Gasteiger partial charge in [-0.1, -0.05) is 30.2 Å². The van der Waals surface area contributed by atoms with Crippen molar-refractivity contribution in [2.75, 3.05) is 41.0 Å². The molecule has 1 aliphatic rings. The Kier molecular flexibility index (Phi) is 9.27. The number of likely N-dealkylation sites (tertiary alicyclic amines) is 1. The number of carbonyl (C=O) groups is 1. The third-order valence-corrected chi connectivity index (χ3v) is 6.55. The number of benzene rings is 2. The number of piperidine rings is 1. The predicted molar refractivity (Wildman–Crippen MR) is 132 cm³/mol. The first-order valence-electron chi connectivity index (χ1n) is 11.5. The van der Waals surface area contributed by atoms with E-state index in [-0.39, 0.29) is 5.91 Å². The quantitative estimate of drug-likeness (QED) is 0.469. The number of methoxy groups -OCH3 is 3. The highest BCUT2D eigenvalue weighted by atomic mass is 35.5. The second-order valence-corrected chi connectivity index (χ2v) is 8.94. The van der Waals surface area contributed by atoms with Crippen molar-refractivity contribution in [3.8, 4) is 17.2 Å². The maximum atomic E-state index is 13.6. The smallest absolute Gasteiger partial charge is 0.254 e. The molecule has 1 fully saturated rings. The molecule has 1 heterocycles. The SMILES string of the molecule is COc1cc(C(=O)N(CCCN2CCCCC2C)Cc2ccc(Cl)cc2)cc(OC)c1OC. The predicted octanol–water partition coefficient (Wildman–Crippen LogP) is 5.27. The van der Waals surface area contributed by atoms with Crippen LogP contribution in [0.4, 0.5) is 0 Å². The Balaban J connectivity index is 1.81. The molecule has 0 radical (unpaired) electrons. The van der Waals surface area contributed by atoms with Crippen LogP contribution in [0.25, 0.3) is 0 Å². The van der Waals surface area contributed by atoms with Crippen LogP contribution in [0.2, 0.25) is 5.02 Å². The van der Waals surface area contributed by atoms with E-state index >= 15 is 0 Å². The Bertz CT molecular complexity index is 894. The van der Waals surface area contributed by atoms with E-state index < -0.39 is 0 Å². The summed E-state index contributed by atoms with van der Waals surface area (Å²) < 4.78 is 16.3. The molecule has 0 aromatic heterocycles. The van der Waals surface area contributed by atoms with Crippen LogP contribution in [0.5, 0.6) is 17.2 Å². The van der Waals surface area contributed by atoms with Gasteiger partial charge in [-0.05, 0) is 62.6 Å². The van der Waals surface area contributed by atoms with E-state index in [0.717, 1.165) is 25.1 Å². The van der Waals surface area contributed by atoms with Gasteiger partial charge in [0, 0.05) is 36.3 Å². The number of hydrogen-bond donors (Lipinski definition) is 0. The van der Waals surface area contributed by atoms with E-state index in [1.165, 1.54) is 19.3 Å². The average molecular weight is 475 g/mol. The van der Waals surface area contributed by atoms with E-state index in [1.54, 1.807) is 33.5 Å². The van der Waals surface area contributed by atoms with Gasteiger partial charge < -0.3 is 24.0 Å². The van der Waals surface area contributed by atoms with E-state index in [0.29, 0.717) is 47.0 Å². The lowest BCUT2D eigenvalue weighted by Gasteiger charge is -2.34. The third kappa shape index (κ3) is 6.55. The normalized spacial score (nSPS) is 16.3. The molecule has 0 aliphatic carbocycles. The van der Waals surface area contributed by atoms with Crippen molar-refractivity contribution in [3.05, 3.63) is 52.5 Å². The molecule has 6 nitrogen and oxygen atoms in total. The molecule has 7 heteroatoms. The first-order valence-corrected chi connectivity index (χ1v) is 11.9. The highest BCUT2D eigenvalue weighted by molar-refractivity contribution is 6.30. The molecule has 2 aromatic carbocycles. The summed E-state index contributed by atoms with van der Waals surface area (Å²) in [5.41, 5.74) is 1.54. The highest BCUT2D eigenvalue weighted by Gasteiger charge is 2.23. The molecule has 0 bridgehead atoms. The second kappa shape index (κ2) is 12.1. The molecule has 2 aromatic rings. The minimum Gasteiger partial charge on any atom is -0.493 e. The number of amides is 1. The van der Waals surface area contributed by atoms with Crippen molar-refractivity contribution in [2.24, 2.45) is 0 Å². The fourth-order valence-electron chi connectivity index (χ4n) is 4.40. The van der Waals surface area contributed by atoms with Crippen LogP contribution in [0.3, 0.4) is 0 Å². The Labute approximate surface area is 202 Å². The maximum absolute atomic E-state index is 13.6. The molecular formula is C26H35ClN2O4. The van der Waals surface area contributed by atoms with Gasteiger partial charge in [0.25, 0.3) is 5.91 Å². The van der Waals surface area contributed by atoms with Gasteiger partial charge in [-0.3, -0.25) is 4.79 Å². The van der Waals surface area contributed by atoms with E-state index in [9.17, 15) is 4.79 Å². The number of rotatable bonds is 10. The van der Waals surface area contributed by atoms with Crippen LogP contribution in [-0.4, -0.2) is 62.7 Å². The van der Waals surface area contributed by atoms with E-state index in [2.05, 4.69) is 11.8 Å². The molecule has 180 valence electrons. The van der Waals surface area contributed by atoms with Gasteiger partial charge in [-0.2, -0.15) is 0 Å². The van der Waals surface area contributed by atoms with E-state index in [1.807, 2.05) is 29.2 Å². The van der Waals surface area contributed by atoms with Crippen molar-refractivity contribution in [1.29, 1.82) is 0 Å². The molecule has 1 atom stereocenters. The lowest BCUT2D eigenvalue weighted by atomic mass is 10.0. The third-order valence-electron chi connectivity index (χ3n) is 6.30. The lowest BCUT2D eigenvalue weighted by Crippen LogP contribution is -2.40. The minimum absolute atomic E-state index is 0.0732. The Morgan fingerprint density at radius 1 is 1.06 bits per heavy atom. The summed E-state index contributed by atoms with van der Waals surface area (Å²) in [6.07, 6.45) is 4.72. The van der Waals surface area contributed by atoms with Crippen molar-refractivity contribution >= 4 is 17.5 Å². The van der Waals surface area contributed by atoms with Gasteiger partial charge in [-0.25, -0.2) is 0 Å². The number of halogens is 1. The van der Waals surface area contributed by atoms with Crippen LogP contribution in [0.15, 0.2) is 36.4 Å². The summed E-state index contributed by atoms with van der Waals surface area (Å²) >= 11 is 6.06. The molecule has 3 rings (SSSR count). The summed E-state index contributed by atoms with van der Waals surface area (Å²) in [5.74, 6) is 1.33. The van der Waals surface area contributed by atoms with Gasteiger partial charge in [0.1, 0.15) is 0 Å². The van der Waals surface area contributed by atoms with Crippen LogP contribution >= 0.6 is 11.6 Å². The van der Waals surface area contributed by atoms with Gasteiger partial charge in [0.15, 0.2) is 11.5 Å². The summed E-state index contributed by atoms with van der Waals surface area (Å²) in [4.78, 5) is 18.1. The Hall–Kier alpha value is -2.44. The highest BCUT2D eigenvalue weighted by Crippen LogP contribution is 2.38. The molecule has 1 unspecified atom stereocenters. The Morgan fingerprint density at radius 3 is 2.30 bits per heavy atom. The molecule has 0 spiro atoms. The topological polar surface area (TPSA) is 51.2 Å². The average Bonchev–Trinajstić information content (AvgIpc) is 2.84. The monoisotopic (exact) mass is 474 g/mol. The fourth-order valence-corrected chi connectivity index (χ4v) is 4.53. The minimum atomic E-state index is -0.0732. The molecule has 1 amide bonds. The number of hydrogen-bond acceptors (Lipinski definition) is 5. The molecule has 0 N–H and O–H groups in total. The van der Waals surface area contributed by atoms with E-state index in [4.69, 9.17) is 25.8 Å². The second-order valence-electron chi connectivity index (χ2n) is 8.50. The summed E-state index contributed by atoms with van der Waals surface area (Å²) in [5, 5.41) is 0.681. The van der Waals surface area contributed by atoms with Gasteiger partial charge >= 0.3 is 0 Å². The van der Waals surface area contributed by atoms with Crippen LogP contribution in [0.1, 0.15) is 48.5 Å². The van der Waals surface area contributed by atoms with Crippen LogP contribution in [-0.2, 0) is 6.54 Å². The van der Waals surface area contributed by atoms with Gasteiger partial charge in [0.05, 0.1) is 21.3 Å². The zero-order valence-electron chi connectivity index (χ0n) is 20.1. The number of carbonyl (C=O) groups excluding carboxylic acids is 1. The Morgan fingerprint density at radius 2 is 1.73 bits per heavy atom. The summed E-state index contributed by atoms with van der Waals surface area (Å²) in [7, 11) is 4.66. The fraction of sp³-hybridized carbons (Fsp3) is 0.500. The largest absolute Gasteiger partial charge is 0.493 e. The van der Waals surface area contributed by atoms with Crippen LogP contribution < -0.4 is 14.2 Å². The number of nitrogens with zero attached hydrogens (tertiary/aromatic N) is 2. The van der Waals surface area contributed by atoms with Crippen molar-refractivity contribution in [2.45, 2.75) is 45.2 Å². The zero-order chi connectivity index (χ0) is 23.8. The van der Waals surface area contributed by atoms with Crippen molar-refractivity contribution in [3.63, 3.8) is 0 Å². The van der Waals surface area contributed by atoms with Crippen molar-refractivity contribution in [1.82, 2.24) is 9.80 Å². The van der Waals surface area contributed by atoms with Crippen LogP contribution in [0, 0.1) is 0 Å². The molecule has 0 saturated carbocycles. The standard InChI is InChI=1S/C26H35ClN2O4/c1-19-8-5-6-13-28(19)14-7-15-29(18-20-9-11-22(27)12-10-20)26(30)21-16-23(31-2)25(33-4)24(17-21)32-3/h9-12,16-17,19H,5-8,13-15,18H2,1-4H3. The van der Waals surface area contributed by atoms with Crippen molar-refractivity contribution < 1.29 is 19.0 Å². The molecular weight excluding hydrogens is 440 g/mol. The maximum Gasteiger partial charge on any atom is 0.254 e. The molecule has 33 heavy (non-hydrogen) atoms. The zero-order valence-corrected chi connectivity index (χ0v) is 20.9. The van der Waals surface area contributed by atoms with Gasteiger partial charge in [0.2, 0.25) is 5.75 Å².